The van der Waals surface area contributed by atoms with Gasteiger partial charge in [0, 0.05) is 23.7 Å². The van der Waals surface area contributed by atoms with Crippen molar-refractivity contribution in [1.82, 2.24) is 26.1 Å². The lowest BCUT2D eigenvalue weighted by atomic mass is 10.0. The Bertz CT molecular complexity index is 1150. The second-order valence-electron chi connectivity index (χ2n) is 8.84. The van der Waals surface area contributed by atoms with E-state index in [-0.39, 0.29) is 24.1 Å². The molecule has 11 nitrogen and oxygen atoms in total. The number of carbonyl (C=O) groups excluding carboxylic acids is 4. The van der Waals surface area contributed by atoms with Crippen LogP contribution in [0.2, 0.25) is 0 Å². The Kier molecular flexibility index (Phi) is 8.49. The molecule has 1 unspecified atom stereocenters. The van der Waals surface area contributed by atoms with E-state index in [1.54, 1.807) is 24.3 Å². The summed E-state index contributed by atoms with van der Waals surface area (Å²) in [7, 11) is -0.371. The van der Waals surface area contributed by atoms with Gasteiger partial charge in [-0.1, -0.05) is 19.9 Å². The maximum absolute atomic E-state index is 13.2. The molecule has 0 saturated carbocycles. The van der Waals surface area contributed by atoms with Crippen LogP contribution in [-0.4, -0.2) is 69.7 Å². The first-order valence-electron chi connectivity index (χ1n) is 11.3. The summed E-state index contributed by atoms with van der Waals surface area (Å²) in [6.45, 7) is 4.15. The summed E-state index contributed by atoms with van der Waals surface area (Å²) < 4.78 is 17.2. The zero-order chi connectivity index (χ0) is 25.7. The van der Waals surface area contributed by atoms with Crippen molar-refractivity contribution < 1.29 is 28.1 Å². The molecule has 0 spiro atoms. The molecule has 12 heteroatoms. The Labute approximate surface area is 205 Å². The molecule has 0 radical (unpaired) electrons. The molecule has 3 rings (SSSR count). The van der Waals surface area contributed by atoms with Crippen molar-refractivity contribution in [2.45, 2.75) is 32.7 Å². The fourth-order valence-corrected chi connectivity index (χ4v) is 4.37. The number of methoxy groups -OCH3 is 1. The zero-order valence-corrected chi connectivity index (χ0v) is 21.0. The number of ether oxygens (including phenoxy) is 1. The van der Waals surface area contributed by atoms with E-state index < -0.39 is 39.8 Å². The minimum atomic E-state index is -1.91. The largest absolute Gasteiger partial charge is 0.496 e. The quantitative estimate of drug-likeness (QED) is 0.397. The van der Waals surface area contributed by atoms with Crippen molar-refractivity contribution in [3.8, 4) is 5.75 Å². The van der Waals surface area contributed by atoms with E-state index in [0.29, 0.717) is 30.7 Å². The van der Waals surface area contributed by atoms with Crippen molar-refractivity contribution in [2.75, 3.05) is 26.5 Å². The van der Waals surface area contributed by atoms with Crippen LogP contribution in [0.4, 0.5) is 4.79 Å². The third kappa shape index (κ3) is 6.38. The van der Waals surface area contributed by atoms with Gasteiger partial charge in [0.25, 0.3) is 11.8 Å². The summed E-state index contributed by atoms with van der Waals surface area (Å²) in [5.74, 6) is -1.26. The van der Waals surface area contributed by atoms with Crippen molar-refractivity contribution in [3.63, 3.8) is 0 Å². The molecule has 1 saturated heterocycles. The van der Waals surface area contributed by atoms with Gasteiger partial charge in [0.2, 0.25) is 5.91 Å². The number of hydrazine groups is 1. The highest BCUT2D eigenvalue weighted by atomic mass is 32.2. The second kappa shape index (κ2) is 11.3. The van der Waals surface area contributed by atoms with Gasteiger partial charge in [-0.15, -0.1) is 0 Å². The Balaban J connectivity index is 1.78. The molecular formula is C23H31N5O6S. The van der Waals surface area contributed by atoms with Crippen LogP contribution in [0.1, 0.15) is 37.2 Å². The molecule has 1 fully saturated rings. The lowest BCUT2D eigenvalue weighted by Crippen LogP contribution is -2.56. The average molecular weight is 506 g/mol. The highest BCUT2D eigenvalue weighted by molar-refractivity contribution is 7.99. The zero-order valence-electron chi connectivity index (χ0n) is 20.2. The molecular weight excluding hydrogens is 474 g/mol. The molecule has 4 N–H and O–H groups in total. The molecule has 3 atom stereocenters. The number of aromatic amines is 1. The van der Waals surface area contributed by atoms with Crippen LogP contribution in [0.5, 0.6) is 5.75 Å². The third-order valence-electron chi connectivity index (χ3n) is 5.69. The standard InChI is InChI=1S/C23H31N5O6S/c1-13(2)10-17(26-21(30)18-11-15-16(25-18)6-5-7-19(15)34-3)22(31)27-28(23(32)35(4)33)12-14-8-9-24-20(14)29/h5-7,11,13-14,17,25H,8-10,12H2,1-4H3,(H,24,29)(H,26,30)(H,27,31)/t14-,17-,35?/m0/s1. The van der Waals surface area contributed by atoms with Crippen molar-refractivity contribution in [2.24, 2.45) is 11.8 Å². The van der Waals surface area contributed by atoms with Crippen LogP contribution >= 0.6 is 0 Å². The van der Waals surface area contributed by atoms with Gasteiger partial charge in [0.1, 0.15) is 28.3 Å². The van der Waals surface area contributed by atoms with Crippen molar-refractivity contribution in [1.29, 1.82) is 0 Å². The van der Waals surface area contributed by atoms with Crippen LogP contribution in [0.25, 0.3) is 10.9 Å². The van der Waals surface area contributed by atoms with Gasteiger partial charge in [0.05, 0.1) is 19.6 Å². The Morgan fingerprint density at radius 2 is 2.03 bits per heavy atom. The molecule has 1 aliphatic rings. The number of carbonyl (C=O) groups is 4. The lowest BCUT2D eigenvalue weighted by Gasteiger charge is -2.27. The van der Waals surface area contributed by atoms with Crippen molar-refractivity contribution in [3.05, 3.63) is 30.0 Å². The first-order valence-corrected chi connectivity index (χ1v) is 12.9. The minimum Gasteiger partial charge on any atom is -0.496 e. The summed E-state index contributed by atoms with van der Waals surface area (Å²) in [6, 6.07) is 6.04. The molecule has 190 valence electrons. The summed E-state index contributed by atoms with van der Waals surface area (Å²) in [5.41, 5.74) is 3.43. The lowest BCUT2D eigenvalue weighted by molar-refractivity contribution is -0.128. The van der Waals surface area contributed by atoms with E-state index >= 15 is 0 Å². The van der Waals surface area contributed by atoms with Gasteiger partial charge in [-0.2, -0.15) is 0 Å². The van der Waals surface area contributed by atoms with Gasteiger partial charge in [-0.25, -0.2) is 9.22 Å². The molecule has 0 aliphatic carbocycles. The number of hydrogen-bond acceptors (Lipinski definition) is 6. The highest BCUT2D eigenvalue weighted by Gasteiger charge is 2.32. The van der Waals surface area contributed by atoms with Gasteiger partial charge < -0.3 is 20.4 Å². The van der Waals surface area contributed by atoms with Crippen LogP contribution in [0, 0.1) is 11.8 Å². The van der Waals surface area contributed by atoms with E-state index in [1.807, 2.05) is 13.8 Å². The smallest absolute Gasteiger partial charge is 0.330 e. The predicted molar refractivity (Wildman–Crippen MR) is 131 cm³/mol. The van der Waals surface area contributed by atoms with Gasteiger partial charge in [0.15, 0.2) is 0 Å². The number of aromatic nitrogens is 1. The average Bonchev–Trinajstić information content (AvgIpc) is 3.43. The number of amides is 4. The predicted octanol–water partition coefficient (Wildman–Crippen LogP) is 1.29. The second-order valence-corrected chi connectivity index (χ2v) is 10.1. The summed E-state index contributed by atoms with van der Waals surface area (Å²) in [4.78, 5) is 53.7. The number of nitrogens with zero attached hydrogens (tertiary/aromatic N) is 1. The van der Waals surface area contributed by atoms with Gasteiger partial charge >= 0.3 is 5.24 Å². The van der Waals surface area contributed by atoms with E-state index in [4.69, 9.17) is 4.74 Å². The Morgan fingerprint density at radius 3 is 2.63 bits per heavy atom. The molecule has 1 aromatic heterocycles. The van der Waals surface area contributed by atoms with Gasteiger partial charge in [-0.05, 0) is 37.0 Å². The van der Waals surface area contributed by atoms with Crippen LogP contribution < -0.4 is 20.8 Å². The Morgan fingerprint density at radius 1 is 1.29 bits per heavy atom. The van der Waals surface area contributed by atoms with Crippen LogP contribution in [0.15, 0.2) is 24.3 Å². The third-order valence-corrected chi connectivity index (χ3v) is 6.41. The maximum Gasteiger partial charge on any atom is 0.330 e. The number of fused-ring (bicyclic) bond motifs is 1. The summed E-state index contributed by atoms with van der Waals surface area (Å²) in [5, 5.41) is 6.21. The molecule has 35 heavy (non-hydrogen) atoms. The number of benzene rings is 1. The fraction of sp³-hybridized carbons (Fsp3) is 0.478. The van der Waals surface area contributed by atoms with E-state index in [9.17, 15) is 23.4 Å². The number of rotatable bonds is 8. The van der Waals surface area contributed by atoms with Gasteiger partial charge in [-0.3, -0.25) is 24.6 Å². The first kappa shape index (κ1) is 26.2. The number of nitrogens with one attached hydrogen (secondary N) is 4. The molecule has 4 amide bonds. The topological polar surface area (TPSA) is 150 Å². The number of hydrogen-bond donors (Lipinski definition) is 4. The molecule has 2 aromatic rings. The highest BCUT2D eigenvalue weighted by Crippen LogP contribution is 2.26. The molecule has 2 heterocycles. The number of H-pyrrole nitrogens is 1. The summed E-state index contributed by atoms with van der Waals surface area (Å²) >= 11 is 0. The van der Waals surface area contributed by atoms with E-state index in [0.717, 1.165) is 10.4 Å². The monoisotopic (exact) mass is 505 g/mol. The fourth-order valence-electron chi connectivity index (χ4n) is 3.94. The maximum atomic E-state index is 13.2. The van der Waals surface area contributed by atoms with E-state index in [2.05, 4.69) is 21.0 Å². The first-order chi connectivity index (χ1) is 16.6. The molecule has 0 bridgehead atoms. The SMILES string of the molecule is COc1cccc2[nH]c(C(=O)N[C@@H](CC(C)C)C(=O)NN(C[C@@H]3CCNC3=O)C(=O)S(C)=O)cc12. The van der Waals surface area contributed by atoms with Crippen LogP contribution in [-0.2, 0) is 20.4 Å². The van der Waals surface area contributed by atoms with E-state index in [1.165, 1.54) is 13.4 Å². The summed E-state index contributed by atoms with van der Waals surface area (Å²) in [6.07, 6.45) is 1.99. The minimum absolute atomic E-state index is 0.0407. The Hall–Kier alpha value is -3.41. The van der Waals surface area contributed by atoms with Crippen molar-refractivity contribution >= 4 is 44.7 Å². The molecule has 1 aromatic carbocycles. The normalized spacial score (nSPS) is 17.1. The molecule has 1 aliphatic heterocycles. The van der Waals surface area contributed by atoms with Crippen LogP contribution in [0.3, 0.4) is 0 Å².